The van der Waals surface area contributed by atoms with Gasteiger partial charge in [0.25, 0.3) is 0 Å². The Bertz CT molecular complexity index is 606. The van der Waals surface area contributed by atoms with Crippen molar-refractivity contribution >= 4 is 27.5 Å². The number of aryl methyl sites for hydroxylation is 2. The van der Waals surface area contributed by atoms with Crippen LogP contribution in [0.15, 0.2) is 11.0 Å². The van der Waals surface area contributed by atoms with Crippen molar-refractivity contribution in [2.45, 2.75) is 44.6 Å². The van der Waals surface area contributed by atoms with E-state index in [4.69, 9.17) is 5.73 Å². The second-order valence-corrected chi connectivity index (χ2v) is 8.26. The number of nitrogens with two attached hydrogens (primary N) is 1. The molecule has 0 bridgehead atoms. The maximum atomic E-state index is 12.6. The van der Waals surface area contributed by atoms with E-state index < -0.39 is 10.0 Å². The molecule has 0 radical (unpaired) electrons. The zero-order valence-electron chi connectivity index (χ0n) is 12.2. The number of hydrogen-bond donors (Lipinski definition) is 2. The molecule has 0 atom stereocenters. The van der Waals surface area contributed by atoms with Crippen LogP contribution >= 0.6 is 11.8 Å². The van der Waals surface area contributed by atoms with E-state index in [9.17, 15) is 8.42 Å². The number of hydrogen-bond acceptors (Lipinski definition) is 4. The van der Waals surface area contributed by atoms with Gasteiger partial charge in [0, 0.05) is 11.7 Å². The second kappa shape index (κ2) is 5.95. The molecule has 1 heterocycles. The molecule has 0 spiro atoms. The molecule has 0 amide bonds. The molecule has 3 N–H and O–H groups in total. The summed E-state index contributed by atoms with van der Waals surface area (Å²) < 4.78 is 28.1. The standard InChI is InChI=1S/C14H22N2O2S2/c1-9-8-10(2)14(11(3)13(9)15)20(17,18)16-12-4-6-19-7-5-12/h8,12,16H,4-7,15H2,1-3H3. The Kier molecular flexibility index (Phi) is 4.66. The number of nitrogen functional groups attached to an aromatic ring is 1. The Morgan fingerprint density at radius 2 is 1.80 bits per heavy atom. The van der Waals surface area contributed by atoms with Crippen LogP contribution in [0.3, 0.4) is 0 Å². The quantitative estimate of drug-likeness (QED) is 0.840. The highest BCUT2D eigenvalue weighted by Crippen LogP contribution is 2.29. The number of nitrogens with one attached hydrogen (secondary N) is 1. The summed E-state index contributed by atoms with van der Waals surface area (Å²) in [6.45, 7) is 5.50. The van der Waals surface area contributed by atoms with Gasteiger partial charge in [-0.1, -0.05) is 6.07 Å². The predicted molar refractivity (Wildman–Crippen MR) is 85.7 cm³/mol. The van der Waals surface area contributed by atoms with Crippen molar-refractivity contribution in [3.05, 3.63) is 22.8 Å². The molecule has 1 fully saturated rings. The number of sulfonamides is 1. The smallest absolute Gasteiger partial charge is 0.241 e. The molecule has 1 aliphatic heterocycles. The normalized spacial score (nSPS) is 17.4. The minimum atomic E-state index is -3.50. The lowest BCUT2D eigenvalue weighted by atomic mass is 10.1. The first-order valence-electron chi connectivity index (χ1n) is 6.79. The van der Waals surface area contributed by atoms with Gasteiger partial charge in [0.05, 0.1) is 4.90 Å². The van der Waals surface area contributed by atoms with Gasteiger partial charge in [-0.3, -0.25) is 0 Å². The van der Waals surface area contributed by atoms with Crippen molar-refractivity contribution in [1.82, 2.24) is 4.72 Å². The summed E-state index contributed by atoms with van der Waals surface area (Å²) >= 11 is 1.88. The molecule has 0 aliphatic carbocycles. The molecular weight excluding hydrogens is 292 g/mol. The van der Waals surface area contributed by atoms with Crippen LogP contribution in [0.2, 0.25) is 0 Å². The third-order valence-corrected chi connectivity index (χ3v) is 6.63. The molecule has 112 valence electrons. The van der Waals surface area contributed by atoms with E-state index in [-0.39, 0.29) is 6.04 Å². The topological polar surface area (TPSA) is 72.2 Å². The summed E-state index contributed by atoms with van der Waals surface area (Å²) in [5, 5.41) is 0. The summed E-state index contributed by atoms with van der Waals surface area (Å²) in [6, 6.07) is 1.88. The number of rotatable bonds is 3. The molecule has 2 rings (SSSR count). The van der Waals surface area contributed by atoms with Crippen molar-refractivity contribution in [2.24, 2.45) is 0 Å². The summed E-state index contributed by atoms with van der Waals surface area (Å²) in [4.78, 5) is 0.346. The van der Waals surface area contributed by atoms with Crippen LogP contribution in [-0.4, -0.2) is 26.0 Å². The van der Waals surface area contributed by atoms with E-state index in [0.717, 1.165) is 35.5 Å². The Balaban J connectivity index is 2.36. The highest BCUT2D eigenvalue weighted by atomic mass is 32.2. The molecule has 0 saturated carbocycles. The highest BCUT2D eigenvalue weighted by molar-refractivity contribution is 7.99. The number of thioether (sulfide) groups is 1. The fourth-order valence-electron chi connectivity index (χ4n) is 2.69. The first kappa shape index (κ1) is 15.7. The minimum Gasteiger partial charge on any atom is -0.398 e. The zero-order valence-corrected chi connectivity index (χ0v) is 13.8. The Hall–Kier alpha value is -0.720. The molecule has 0 aromatic heterocycles. The van der Waals surface area contributed by atoms with Crippen LogP contribution < -0.4 is 10.5 Å². The maximum absolute atomic E-state index is 12.6. The van der Waals surface area contributed by atoms with Gasteiger partial charge in [0.15, 0.2) is 0 Å². The van der Waals surface area contributed by atoms with Gasteiger partial charge in [-0.15, -0.1) is 0 Å². The molecule has 6 heteroatoms. The van der Waals surface area contributed by atoms with Crippen molar-refractivity contribution in [3.8, 4) is 0 Å². The van der Waals surface area contributed by atoms with Crippen molar-refractivity contribution < 1.29 is 8.42 Å². The third kappa shape index (κ3) is 3.13. The van der Waals surface area contributed by atoms with Crippen molar-refractivity contribution in [3.63, 3.8) is 0 Å². The van der Waals surface area contributed by atoms with Crippen LogP contribution in [0.25, 0.3) is 0 Å². The first-order valence-corrected chi connectivity index (χ1v) is 9.43. The Morgan fingerprint density at radius 3 is 2.40 bits per heavy atom. The second-order valence-electron chi connectivity index (χ2n) is 5.39. The molecule has 1 saturated heterocycles. The highest BCUT2D eigenvalue weighted by Gasteiger charge is 2.26. The monoisotopic (exact) mass is 314 g/mol. The van der Waals surface area contributed by atoms with E-state index in [0.29, 0.717) is 16.1 Å². The van der Waals surface area contributed by atoms with Gasteiger partial charge in [-0.25, -0.2) is 13.1 Å². The predicted octanol–water partition coefficient (Wildman–Crippen LogP) is 2.37. The first-order chi connectivity index (χ1) is 9.33. The van der Waals surface area contributed by atoms with Crippen molar-refractivity contribution in [2.75, 3.05) is 17.2 Å². The summed E-state index contributed by atoms with van der Waals surface area (Å²) in [5.74, 6) is 2.03. The fourth-order valence-corrected chi connectivity index (χ4v) is 5.58. The Morgan fingerprint density at radius 1 is 1.20 bits per heavy atom. The molecule has 4 nitrogen and oxygen atoms in total. The van der Waals surface area contributed by atoms with Gasteiger partial charge in [-0.05, 0) is 61.8 Å². The molecule has 0 unspecified atom stereocenters. The van der Waals surface area contributed by atoms with Crippen LogP contribution in [0, 0.1) is 20.8 Å². The van der Waals surface area contributed by atoms with Crippen molar-refractivity contribution in [1.29, 1.82) is 0 Å². The van der Waals surface area contributed by atoms with Gasteiger partial charge in [0.1, 0.15) is 0 Å². The minimum absolute atomic E-state index is 0.0441. The van der Waals surface area contributed by atoms with E-state index in [2.05, 4.69) is 4.72 Å². The zero-order chi connectivity index (χ0) is 14.9. The average Bonchev–Trinajstić information content (AvgIpc) is 2.36. The number of benzene rings is 1. The van der Waals surface area contributed by atoms with E-state index in [1.54, 1.807) is 6.92 Å². The van der Waals surface area contributed by atoms with Gasteiger partial charge >= 0.3 is 0 Å². The van der Waals surface area contributed by atoms with Gasteiger partial charge in [-0.2, -0.15) is 11.8 Å². The lowest BCUT2D eigenvalue weighted by molar-refractivity contribution is 0.528. The fraction of sp³-hybridized carbons (Fsp3) is 0.571. The van der Waals surface area contributed by atoms with E-state index in [1.807, 2.05) is 31.7 Å². The number of anilines is 1. The average molecular weight is 314 g/mol. The maximum Gasteiger partial charge on any atom is 0.241 e. The molecule has 20 heavy (non-hydrogen) atoms. The van der Waals surface area contributed by atoms with Crippen LogP contribution in [-0.2, 0) is 10.0 Å². The van der Waals surface area contributed by atoms with Crippen LogP contribution in [0.4, 0.5) is 5.69 Å². The molecule has 1 aliphatic rings. The van der Waals surface area contributed by atoms with Gasteiger partial charge in [0.2, 0.25) is 10.0 Å². The van der Waals surface area contributed by atoms with E-state index >= 15 is 0 Å². The lowest BCUT2D eigenvalue weighted by Gasteiger charge is -2.24. The van der Waals surface area contributed by atoms with Crippen LogP contribution in [0.1, 0.15) is 29.5 Å². The molecule has 1 aromatic rings. The summed E-state index contributed by atoms with van der Waals surface area (Å²) in [7, 11) is -3.50. The summed E-state index contributed by atoms with van der Waals surface area (Å²) in [5.41, 5.74) is 8.88. The molecule has 1 aromatic carbocycles. The third-order valence-electron chi connectivity index (χ3n) is 3.77. The Labute approximate surface area is 125 Å². The SMILES string of the molecule is Cc1cc(C)c(S(=O)(=O)NC2CCSCC2)c(C)c1N. The lowest BCUT2D eigenvalue weighted by Crippen LogP contribution is -2.38. The summed E-state index contributed by atoms with van der Waals surface area (Å²) in [6.07, 6.45) is 1.78. The van der Waals surface area contributed by atoms with Crippen LogP contribution in [0.5, 0.6) is 0 Å². The molecular formula is C14H22N2O2S2. The van der Waals surface area contributed by atoms with Gasteiger partial charge < -0.3 is 5.73 Å². The van der Waals surface area contributed by atoms with E-state index in [1.165, 1.54) is 0 Å². The largest absolute Gasteiger partial charge is 0.398 e.